The number of benzene rings is 1. The number of rotatable bonds is 5. The molecule has 7 nitrogen and oxygen atoms in total. The Morgan fingerprint density at radius 1 is 1.03 bits per heavy atom. The van der Waals surface area contributed by atoms with E-state index in [0.717, 1.165) is 27.7 Å². The van der Waals surface area contributed by atoms with Crippen molar-refractivity contribution in [3.63, 3.8) is 0 Å². The molecule has 0 fully saturated rings. The molecule has 4 aromatic rings. The predicted molar refractivity (Wildman–Crippen MR) is 111 cm³/mol. The lowest BCUT2D eigenvalue weighted by Crippen LogP contribution is -2.23. The van der Waals surface area contributed by atoms with Gasteiger partial charge in [0.05, 0.1) is 16.9 Å². The molecule has 0 aliphatic carbocycles. The Balaban J connectivity index is 1.38. The summed E-state index contributed by atoms with van der Waals surface area (Å²) < 4.78 is 41.0. The van der Waals surface area contributed by atoms with Gasteiger partial charge < -0.3 is 5.32 Å². The van der Waals surface area contributed by atoms with Crippen LogP contribution in [-0.4, -0.2) is 30.5 Å². The van der Waals surface area contributed by atoms with Crippen LogP contribution in [0.2, 0.25) is 0 Å². The zero-order valence-corrected chi connectivity index (χ0v) is 17.3. The Morgan fingerprint density at radius 2 is 1.78 bits per heavy atom. The number of halogens is 3. The molecule has 0 aliphatic rings. The van der Waals surface area contributed by atoms with Gasteiger partial charge in [0.1, 0.15) is 0 Å². The van der Waals surface area contributed by atoms with Crippen molar-refractivity contribution in [2.75, 3.05) is 0 Å². The molecule has 1 aromatic carbocycles. The van der Waals surface area contributed by atoms with Gasteiger partial charge in [-0.25, -0.2) is 14.3 Å². The fourth-order valence-electron chi connectivity index (χ4n) is 3.18. The molecule has 10 heteroatoms. The number of carbonyl (C=O) groups is 1. The van der Waals surface area contributed by atoms with Crippen LogP contribution < -0.4 is 5.32 Å². The molecule has 1 N–H and O–H groups in total. The van der Waals surface area contributed by atoms with Crippen LogP contribution in [0.4, 0.5) is 13.2 Å². The van der Waals surface area contributed by atoms with E-state index in [0.29, 0.717) is 17.1 Å². The normalized spacial score (nSPS) is 11.5. The first-order valence-electron chi connectivity index (χ1n) is 9.71. The van der Waals surface area contributed by atoms with Gasteiger partial charge in [0.15, 0.2) is 11.5 Å². The quantitative estimate of drug-likeness (QED) is 0.509. The van der Waals surface area contributed by atoms with Crippen LogP contribution in [0.1, 0.15) is 33.0 Å². The molecule has 1 amide bonds. The lowest BCUT2D eigenvalue weighted by Gasteiger charge is -2.08. The highest BCUT2D eigenvalue weighted by Crippen LogP contribution is 2.27. The van der Waals surface area contributed by atoms with Crippen LogP contribution in [0.15, 0.2) is 60.9 Å². The molecule has 0 saturated carbocycles. The summed E-state index contributed by atoms with van der Waals surface area (Å²) >= 11 is 0. The van der Waals surface area contributed by atoms with Gasteiger partial charge in [0.25, 0.3) is 5.91 Å². The number of alkyl halides is 3. The molecule has 0 atom stereocenters. The summed E-state index contributed by atoms with van der Waals surface area (Å²) in [6.45, 7) is 4.08. The van der Waals surface area contributed by atoms with Crippen LogP contribution in [0.25, 0.3) is 11.5 Å². The van der Waals surface area contributed by atoms with Gasteiger partial charge in [-0.3, -0.25) is 4.79 Å². The first-order valence-corrected chi connectivity index (χ1v) is 9.71. The highest BCUT2D eigenvalue weighted by molar-refractivity contribution is 5.93. The molecule has 3 aromatic heterocycles. The van der Waals surface area contributed by atoms with E-state index < -0.39 is 11.9 Å². The largest absolute Gasteiger partial charge is 0.435 e. The molecular weight excluding hydrogens is 421 g/mol. The average Bonchev–Trinajstić information content (AvgIpc) is 3.39. The highest BCUT2D eigenvalue weighted by Gasteiger charge is 2.33. The third-order valence-corrected chi connectivity index (χ3v) is 4.77. The molecule has 4 rings (SSSR count). The smallest absolute Gasteiger partial charge is 0.348 e. The van der Waals surface area contributed by atoms with Gasteiger partial charge in [-0.1, -0.05) is 12.1 Å². The van der Waals surface area contributed by atoms with E-state index in [1.807, 2.05) is 19.9 Å². The Kier molecular flexibility index (Phi) is 5.52. The molecule has 0 saturated heterocycles. The second-order valence-electron chi connectivity index (χ2n) is 7.24. The number of nitrogens with zero attached hydrogens (tertiary/aromatic N) is 5. The SMILES string of the molecule is Cc1cc(C)n(-c2ccc(C(=O)NCc3ccc(-n4ccc(C(F)(F)F)n4)cc3)cn2)n1. The van der Waals surface area contributed by atoms with Gasteiger partial charge in [-0.2, -0.15) is 23.4 Å². The maximum Gasteiger partial charge on any atom is 0.435 e. The summed E-state index contributed by atoms with van der Waals surface area (Å²) in [7, 11) is 0. The van der Waals surface area contributed by atoms with E-state index in [2.05, 4.69) is 20.5 Å². The first kappa shape index (κ1) is 21.3. The average molecular weight is 440 g/mol. The number of aromatic nitrogens is 5. The van der Waals surface area contributed by atoms with Gasteiger partial charge in [0.2, 0.25) is 0 Å². The summed E-state index contributed by atoms with van der Waals surface area (Å²) in [5.41, 5.74) is 2.55. The maximum atomic E-state index is 12.7. The number of hydrogen-bond acceptors (Lipinski definition) is 4. The molecule has 32 heavy (non-hydrogen) atoms. The van der Waals surface area contributed by atoms with Crippen LogP contribution in [0.5, 0.6) is 0 Å². The van der Waals surface area contributed by atoms with E-state index in [1.165, 1.54) is 12.4 Å². The van der Waals surface area contributed by atoms with Crippen molar-refractivity contribution in [1.82, 2.24) is 29.9 Å². The summed E-state index contributed by atoms with van der Waals surface area (Å²) in [4.78, 5) is 16.7. The van der Waals surface area contributed by atoms with Crippen molar-refractivity contribution >= 4 is 5.91 Å². The van der Waals surface area contributed by atoms with Crippen molar-refractivity contribution in [2.45, 2.75) is 26.6 Å². The number of hydrogen-bond donors (Lipinski definition) is 1. The Labute approximate surface area is 181 Å². The number of amides is 1. The van der Waals surface area contributed by atoms with Crippen LogP contribution >= 0.6 is 0 Å². The Morgan fingerprint density at radius 3 is 2.34 bits per heavy atom. The van der Waals surface area contributed by atoms with E-state index in [9.17, 15) is 18.0 Å². The monoisotopic (exact) mass is 440 g/mol. The third kappa shape index (κ3) is 4.53. The second kappa shape index (κ2) is 8.29. The van der Waals surface area contributed by atoms with Crippen LogP contribution in [-0.2, 0) is 12.7 Å². The summed E-state index contributed by atoms with van der Waals surface area (Å²) in [6.07, 6.45) is -1.75. The highest BCUT2D eigenvalue weighted by atomic mass is 19.4. The maximum absolute atomic E-state index is 12.7. The number of aryl methyl sites for hydroxylation is 2. The van der Waals surface area contributed by atoms with Gasteiger partial charge in [-0.15, -0.1) is 0 Å². The molecular formula is C22H19F3N6O. The van der Waals surface area contributed by atoms with Crippen molar-refractivity contribution in [3.8, 4) is 11.5 Å². The van der Waals surface area contributed by atoms with Crippen molar-refractivity contribution in [2.24, 2.45) is 0 Å². The standard InChI is InChI=1S/C22H19F3N6O/c1-14-11-15(2)31(28-14)20-8-5-17(13-26-20)21(32)27-12-16-3-6-18(7-4-16)30-10-9-19(29-30)22(23,24)25/h3-11,13H,12H2,1-2H3,(H,27,32). The van der Waals surface area contributed by atoms with Crippen molar-refractivity contribution in [3.05, 3.63) is 89.1 Å². The minimum atomic E-state index is -4.49. The Hall–Kier alpha value is -3.95. The first-order chi connectivity index (χ1) is 15.2. The van der Waals surface area contributed by atoms with E-state index in [4.69, 9.17) is 0 Å². The lowest BCUT2D eigenvalue weighted by molar-refractivity contribution is -0.141. The molecule has 164 valence electrons. The van der Waals surface area contributed by atoms with E-state index >= 15 is 0 Å². The molecule has 0 spiro atoms. The fourth-order valence-corrected chi connectivity index (χ4v) is 3.18. The number of nitrogens with one attached hydrogen (secondary N) is 1. The fraction of sp³-hybridized carbons (Fsp3) is 0.182. The predicted octanol–water partition coefficient (Wildman–Crippen LogP) is 4.02. The molecule has 3 heterocycles. The van der Waals surface area contributed by atoms with Gasteiger partial charge in [-0.05, 0) is 55.8 Å². The van der Waals surface area contributed by atoms with Crippen LogP contribution in [0.3, 0.4) is 0 Å². The zero-order chi connectivity index (χ0) is 22.9. The molecule has 0 unspecified atom stereocenters. The number of carbonyl (C=O) groups excluding carboxylic acids is 1. The van der Waals surface area contributed by atoms with E-state index in [-0.39, 0.29) is 12.5 Å². The summed E-state index contributed by atoms with van der Waals surface area (Å²) in [6, 6.07) is 13.0. The van der Waals surface area contributed by atoms with Crippen LogP contribution in [0, 0.1) is 13.8 Å². The zero-order valence-electron chi connectivity index (χ0n) is 17.3. The summed E-state index contributed by atoms with van der Waals surface area (Å²) in [5, 5.41) is 10.7. The van der Waals surface area contributed by atoms with E-state index in [1.54, 1.807) is 41.1 Å². The van der Waals surface area contributed by atoms with Crippen molar-refractivity contribution in [1.29, 1.82) is 0 Å². The Bertz CT molecular complexity index is 1240. The summed E-state index contributed by atoms with van der Waals surface area (Å²) in [5.74, 6) is 0.332. The van der Waals surface area contributed by atoms with Gasteiger partial charge >= 0.3 is 6.18 Å². The minimum absolute atomic E-state index is 0.255. The van der Waals surface area contributed by atoms with Crippen molar-refractivity contribution < 1.29 is 18.0 Å². The topological polar surface area (TPSA) is 77.6 Å². The number of pyridine rings is 1. The molecule has 0 aliphatic heterocycles. The minimum Gasteiger partial charge on any atom is -0.348 e. The third-order valence-electron chi connectivity index (χ3n) is 4.77. The second-order valence-corrected chi connectivity index (χ2v) is 7.24. The molecule has 0 bridgehead atoms. The lowest BCUT2D eigenvalue weighted by atomic mass is 10.2. The molecule has 0 radical (unpaired) electrons. The van der Waals surface area contributed by atoms with Gasteiger partial charge in [0, 0.05) is 24.6 Å².